The van der Waals surface area contributed by atoms with Crippen LogP contribution in [0.5, 0.6) is 0 Å². The number of halogens is 1. The summed E-state index contributed by atoms with van der Waals surface area (Å²) in [4.78, 5) is 25.2. The largest absolute Gasteiger partial charge is 0.465 e. The molecule has 0 radical (unpaired) electrons. The number of ether oxygens (including phenoxy) is 1. The van der Waals surface area contributed by atoms with E-state index in [1.54, 1.807) is 25.1 Å². The molecule has 0 aliphatic heterocycles. The van der Waals surface area contributed by atoms with Crippen molar-refractivity contribution < 1.29 is 14.3 Å². The second kappa shape index (κ2) is 8.28. The fourth-order valence-electron chi connectivity index (χ4n) is 2.74. The van der Waals surface area contributed by atoms with Gasteiger partial charge in [0, 0.05) is 10.6 Å². The summed E-state index contributed by atoms with van der Waals surface area (Å²) in [7, 11) is 1.50. The first-order chi connectivity index (χ1) is 12.1. The first-order valence-electron chi connectivity index (χ1n) is 8.23. The Bertz CT molecular complexity index is 752. The van der Waals surface area contributed by atoms with Gasteiger partial charge in [0.25, 0.3) is 0 Å². The number of esters is 1. The number of benzene rings is 2. The summed E-state index contributed by atoms with van der Waals surface area (Å²) in [6, 6.07) is 14.7. The monoisotopic (exact) mass is 359 g/mol. The highest BCUT2D eigenvalue weighted by Crippen LogP contribution is 2.50. The molecule has 1 aliphatic carbocycles. The maximum Gasteiger partial charge on any atom is 0.320 e. The van der Waals surface area contributed by atoms with Crippen molar-refractivity contribution in [3.8, 4) is 11.1 Å². The van der Waals surface area contributed by atoms with Crippen LogP contribution in [0.15, 0.2) is 48.5 Å². The summed E-state index contributed by atoms with van der Waals surface area (Å²) in [5.41, 5.74) is 5.78. The Balaban J connectivity index is 0.00000109. The van der Waals surface area contributed by atoms with Gasteiger partial charge in [-0.15, -0.1) is 0 Å². The Morgan fingerprint density at radius 1 is 1.08 bits per heavy atom. The maximum atomic E-state index is 13.0. The van der Waals surface area contributed by atoms with E-state index in [1.165, 1.54) is 7.05 Å². The third-order valence-corrected chi connectivity index (χ3v) is 4.43. The molecule has 1 saturated carbocycles. The Morgan fingerprint density at radius 3 is 2.24 bits per heavy atom. The molecule has 25 heavy (non-hydrogen) atoms. The molecule has 2 N–H and O–H groups in total. The lowest BCUT2D eigenvalue weighted by molar-refractivity contribution is -0.147. The number of rotatable bonds is 5. The summed E-state index contributed by atoms with van der Waals surface area (Å²) < 4.78 is 5.10. The fourth-order valence-corrected chi connectivity index (χ4v) is 2.86. The van der Waals surface area contributed by atoms with E-state index in [0.717, 1.165) is 11.1 Å². The molecule has 0 atom stereocenters. The van der Waals surface area contributed by atoms with Gasteiger partial charge >= 0.3 is 5.97 Å². The summed E-state index contributed by atoms with van der Waals surface area (Å²) >= 11 is 5.93. The van der Waals surface area contributed by atoms with Crippen LogP contribution in [0, 0.1) is 5.41 Å². The van der Waals surface area contributed by atoms with Crippen molar-refractivity contribution >= 4 is 23.4 Å². The molecule has 2 aromatic carbocycles. The van der Waals surface area contributed by atoms with Crippen molar-refractivity contribution in [2.45, 2.75) is 19.8 Å². The van der Waals surface area contributed by atoms with Crippen LogP contribution in [-0.2, 0) is 9.53 Å². The maximum absolute atomic E-state index is 13.0. The predicted octanol–water partition coefficient (Wildman–Crippen LogP) is 4.11. The minimum atomic E-state index is -0.988. The zero-order chi connectivity index (χ0) is 18.4. The quantitative estimate of drug-likeness (QED) is 0.495. The van der Waals surface area contributed by atoms with Crippen LogP contribution in [0.3, 0.4) is 0 Å². The van der Waals surface area contributed by atoms with Gasteiger partial charge in [0.15, 0.2) is 5.78 Å². The number of ketones is 1. The SMILES string of the molecule is CCOC(=O)C1(C(=O)c2ccccc2-c2ccc(Cl)cc2)CC1.CN. The lowest BCUT2D eigenvalue weighted by Crippen LogP contribution is -2.28. The van der Waals surface area contributed by atoms with Gasteiger partial charge in [-0.05, 0) is 50.1 Å². The van der Waals surface area contributed by atoms with E-state index in [-0.39, 0.29) is 12.4 Å². The average Bonchev–Trinajstić information content (AvgIpc) is 3.46. The van der Waals surface area contributed by atoms with Gasteiger partial charge in [0.05, 0.1) is 6.61 Å². The van der Waals surface area contributed by atoms with Gasteiger partial charge < -0.3 is 10.5 Å². The van der Waals surface area contributed by atoms with E-state index in [1.807, 2.05) is 30.3 Å². The molecule has 0 heterocycles. The number of hydrogen-bond donors (Lipinski definition) is 1. The molecular weight excluding hydrogens is 338 g/mol. The highest BCUT2D eigenvalue weighted by atomic mass is 35.5. The van der Waals surface area contributed by atoms with Crippen LogP contribution >= 0.6 is 11.6 Å². The number of carbonyl (C=O) groups is 2. The molecule has 132 valence electrons. The summed E-state index contributed by atoms with van der Waals surface area (Å²) in [6.45, 7) is 2.03. The lowest BCUT2D eigenvalue weighted by atomic mass is 9.89. The van der Waals surface area contributed by atoms with Gasteiger partial charge in [0.2, 0.25) is 0 Å². The van der Waals surface area contributed by atoms with Gasteiger partial charge in [-0.2, -0.15) is 0 Å². The van der Waals surface area contributed by atoms with E-state index in [2.05, 4.69) is 5.73 Å². The van der Waals surface area contributed by atoms with Crippen LogP contribution in [-0.4, -0.2) is 25.4 Å². The number of Topliss-reactive ketones (excluding diaryl/α,β-unsaturated/α-hetero) is 1. The van der Waals surface area contributed by atoms with E-state index in [0.29, 0.717) is 23.4 Å². The van der Waals surface area contributed by atoms with Crippen molar-refractivity contribution in [1.29, 1.82) is 0 Å². The summed E-state index contributed by atoms with van der Waals surface area (Å²) in [6.07, 6.45) is 1.11. The minimum Gasteiger partial charge on any atom is -0.465 e. The summed E-state index contributed by atoms with van der Waals surface area (Å²) in [5, 5.41) is 0.641. The Kier molecular flexibility index (Phi) is 6.34. The zero-order valence-electron chi connectivity index (χ0n) is 14.4. The summed E-state index contributed by atoms with van der Waals surface area (Å²) in [5.74, 6) is -0.558. The molecule has 0 bridgehead atoms. The molecular formula is C20H22ClNO3. The average molecular weight is 360 g/mol. The van der Waals surface area contributed by atoms with Crippen molar-refractivity contribution in [3.63, 3.8) is 0 Å². The van der Waals surface area contributed by atoms with Gasteiger partial charge in [-0.3, -0.25) is 9.59 Å². The van der Waals surface area contributed by atoms with Crippen molar-refractivity contribution in [1.82, 2.24) is 0 Å². The molecule has 0 aromatic heterocycles. The molecule has 3 rings (SSSR count). The molecule has 5 heteroatoms. The number of hydrogen-bond acceptors (Lipinski definition) is 4. The van der Waals surface area contributed by atoms with E-state index < -0.39 is 11.4 Å². The van der Waals surface area contributed by atoms with Gasteiger partial charge in [-0.1, -0.05) is 48.0 Å². The molecule has 1 fully saturated rings. The van der Waals surface area contributed by atoms with Crippen LogP contribution < -0.4 is 5.73 Å². The second-order valence-corrected chi connectivity index (χ2v) is 6.12. The highest BCUT2D eigenvalue weighted by molar-refractivity contribution is 6.30. The van der Waals surface area contributed by atoms with E-state index >= 15 is 0 Å². The van der Waals surface area contributed by atoms with E-state index in [9.17, 15) is 9.59 Å². The molecule has 0 spiro atoms. The van der Waals surface area contributed by atoms with Crippen molar-refractivity contribution in [2.75, 3.05) is 13.7 Å². The first-order valence-corrected chi connectivity index (χ1v) is 8.61. The zero-order valence-corrected chi connectivity index (χ0v) is 15.2. The van der Waals surface area contributed by atoms with Crippen LogP contribution in [0.25, 0.3) is 11.1 Å². The fraction of sp³-hybridized carbons (Fsp3) is 0.300. The smallest absolute Gasteiger partial charge is 0.320 e. The highest BCUT2D eigenvalue weighted by Gasteiger charge is 2.58. The minimum absolute atomic E-state index is 0.151. The number of nitrogens with two attached hydrogens (primary N) is 1. The Labute approximate surface area is 152 Å². The third kappa shape index (κ3) is 3.91. The molecule has 1 aliphatic rings. The molecule has 2 aromatic rings. The van der Waals surface area contributed by atoms with Crippen LogP contribution in [0.2, 0.25) is 5.02 Å². The second-order valence-electron chi connectivity index (χ2n) is 5.68. The van der Waals surface area contributed by atoms with E-state index in [4.69, 9.17) is 16.3 Å². The van der Waals surface area contributed by atoms with Crippen molar-refractivity contribution in [3.05, 3.63) is 59.1 Å². The normalized spacial score (nSPS) is 14.1. The van der Waals surface area contributed by atoms with Gasteiger partial charge in [-0.25, -0.2) is 0 Å². The first kappa shape index (κ1) is 19.2. The Hall–Kier alpha value is -2.17. The third-order valence-electron chi connectivity index (χ3n) is 4.18. The lowest BCUT2D eigenvalue weighted by Gasteiger charge is -2.15. The standard InChI is InChI=1S/C19H17ClO3.CH5N/c1-2-23-18(22)19(11-12-19)17(21)16-6-4-3-5-15(16)13-7-9-14(20)10-8-13;1-2/h3-10H,2,11-12H2,1H3;2H2,1H3. The van der Waals surface area contributed by atoms with Crippen LogP contribution in [0.1, 0.15) is 30.1 Å². The molecule has 0 amide bonds. The molecule has 0 unspecified atom stereocenters. The van der Waals surface area contributed by atoms with Crippen LogP contribution in [0.4, 0.5) is 0 Å². The van der Waals surface area contributed by atoms with Gasteiger partial charge in [0.1, 0.15) is 5.41 Å². The predicted molar refractivity (Wildman–Crippen MR) is 99.6 cm³/mol. The molecule has 4 nitrogen and oxygen atoms in total. The number of carbonyl (C=O) groups excluding carboxylic acids is 2. The Morgan fingerprint density at radius 2 is 1.68 bits per heavy atom. The molecule has 0 saturated heterocycles. The van der Waals surface area contributed by atoms with Crippen molar-refractivity contribution in [2.24, 2.45) is 11.1 Å². The topological polar surface area (TPSA) is 69.4 Å².